The van der Waals surface area contributed by atoms with Crippen LogP contribution in [0, 0.1) is 5.82 Å². The third-order valence-electron chi connectivity index (χ3n) is 4.61. The zero-order valence-corrected chi connectivity index (χ0v) is 16.2. The Balaban J connectivity index is 1.60. The fourth-order valence-electron chi connectivity index (χ4n) is 3.13. The number of fused-ring (bicyclic) bond motifs is 1. The predicted molar refractivity (Wildman–Crippen MR) is 102 cm³/mol. The molecule has 0 saturated carbocycles. The van der Waals surface area contributed by atoms with Crippen LogP contribution < -0.4 is 15.4 Å². The summed E-state index contributed by atoms with van der Waals surface area (Å²) in [6.07, 6.45) is -3.28. The molecule has 0 bridgehead atoms. The van der Waals surface area contributed by atoms with Crippen LogP contribution in [0.3, 0.4) is 0 Å². The molecule has 4 rings (SSSR count). The highest BCUT2D eigenvalue weighted by Gasteiger charge is 2.32. The molecule has 0 unspecified atom stereocenters. The van der Waals surface area contributed by atoms with Crippen LogP contribution in [0.1, 0.15) is 27.4 Å². The van der Waals surface area contributed by atoms with Gasteiger partial charge >= 0.3 is 6.18 Å². The largest absolute Gasteiger partial charge is 0.469 e. The second-order valence-corrected chi connectivity index (χ2v) is 6.82. The van der Waals surface area contributed by atoms with Crippen LogP contribution in [0.2, 0.25) is 0 Å². The average molecular weight is 449 g/mol. The number of halogens is 4. The number of alkyl halides is 3. The first-order valence-electron chi connectivity index (χ1n) is 9.28. The van der Waals surface area contributed by atoms with Crippen molar-refractivity contribution in [1.29, 1.82) is 0 Å². The SMILES string of the molecule is O=C1Cn2c(COc3ccccn3)nc(NC(=O)c3cc(F)cc(C(F)(F)F)c3)c2CN1. The van der Waals surface area contributed by atoms with E-state index in [1.807, 2.05) is 0 Å². The van der Waals surface area contributed by atoms with Crippen molar-refractivity contribution in [2.24, 2.45) is 0 Å². The van der Waals surface area contributed by atoms with E-state index in [0.29, 0.717) is 35.6 Å². The van der Waals surface area contributed by atoms with Crippen molar-refractivity contribution < 1.29 is 31.9 Å². The molecule has 2 N–H and O–H groups in total. The van der Waals surface area contributed by atoms with Gasteiger partial charge < -0.3 is 19.9 Å². The molecule has 3 heterocycles. The molecule has 1 aromatic carbocycles. The van der Waals surface area contributed by atoms with Gasteiger partial charge in [0, 0.05) is 17.8 Å². The van der Waals surface area contributed by atoms with Crippen LogP contribution in [0.4, 0.5) is 23.4 Å². The van der Waals surface area contributed by atoms with Crippen LogP contribution in [0.15, 0.2) is 42.6 Å². The van der Waals surface area contributed by atoms with Gasteiger partial charge in [-0.25, -0.2) is 14.4 Å². The summed E-state index contributed by atoms with van der Waals surface area (Å²) in [6.45, 7) is -0.134. The first-order chi connectivity index (χ1) is 15.2. The highest BCUT2D eigenvalue weighted by atomic mass is 19.4. The Bertz CT molecular complexity index is 1180. The summed E-state index contributed by atoms with van der Waals surface area (Å²) in [4.78, 5) is 32.7. The maximum absolute atomic E-state index is 13.7. The second-order valence-electron chi connectivity index (χ2n) is 6.82. The number of aromatic nitrogens is 3. The third kappa shape index (κ3) is 4.53. The number of nitrogens with zero attached hydrogens (tertiary/aromatic N) is 3. The number of pyridine rings is 1. The fraction of sp³-hybridized carbons (Fsp3) is 0.200. The number of rotatable bonds is 5. The number of carbonyl (C=O) groups excluding carboxylic acids is 2. The van der Waals surface area contributed by atoms with E-state index >= 15 is 0 Å². The standard InChI is InChI=1S/C20H15F4N5O3/c21-13-6-11(5-12(7-13)20(22,23)24)19(31)28-18-14-8-26-16(30)9-29(14)15(27-18)10-32-17-3-1-2-4-25-17/h1-7H,8-10H2,(H,26,30)(H,28,31). The van der Waals surface area contributed by atoms with E-state index in [-0.39, 0.29) is 31.4 Å². The molecule has 0 atom stereocenters. The fourth-order valence-corrected chi connectivity index (χ4v) is 3.13. The van der Waals surface area contributed by atoms with Gasteiger partial charge in [0.15, 0.2) is 5.82 Å². The van der Waals surface area contributed by atoms with Gasteiger partial charge in [-0.3, -0.25) is 9.59 Å². The quantitative estimate of drug-likeness (QED) is 0.584. The van der Waals surface area contributed by atoms with Crippen LogP contribution in [0.25, 0.3) is 0 Å². The van der Waals surface area contributed by atoms with Gasteiger partial charge in [-0.2, -0.15) is 13.2 Å². The molecule has 1 aliphatic rings. The minimum atomic E-state index is -4.81. The number of imidazole rings is 1. The van der Waals surface area contributed by atoms with Gasteiger partial charge in [-0.05, 0) is 24.3 Å². The molecule has 0 radical (unpaired) electrons. The van der Waals surface area contributed by atoms with Crippen molar-refractivity contribution >= 4 is 17.6 Å². The molecular formula is C20H15F4N5O3. The first-order valence-corrected chi connectivity index (χ1v) is 9.28. The zero-order valence-electron chi connectivity index (χ0n) is 16.2. The summed E-state index contributed by atoms with van der Waals surface area (Å²) in [5.74, 6) is -1.83. The Morgan fingerprint density at radius 2 is 2.06 bits per heavy atom. The van der Waals surface area contributed by atoms with E-state index in [2.05, 4.69) is 20.6 Å². The lowest BCUT2D eigenvalue weighted by atomic mass is 10.1. The summed E-state index contributed by atoms with van der Waals surface area (Å²) in [5.41, 5.74) is -1.39. The minimum absolute atomic E-state index is 0.0208. The van der Waals surface area contributed by atoms with Crippen molar-refractivity contribution in [3.63, 3.8) is 0 Å². The Morgan fingerprint density at radius 3 is 2.78 bits per heavy atom. The number of hydrogen-bond acceptors (Lipinski definition) is 5. The predicted octanol–water partition coefficient (Wildman–Crippen LogP) is 2.90. The molecule has 12 heteroatoms. The van der Waals surface area contributed by atoms with E-state index in [0.717, 1.165) is 0 Å². The third-order valence-corrected chi connectivity index (χ3v) is 4.61. The van der Waals surface area contributed by atoms with Gasteiger partial charge in [-0.15, -0.1) is 0 Å². The topological polar surface area (TPSA) is 98.1 Å². The first kappa shape index (κ1) is 21.3. The summed E-state index contributed by atoms with van der Waals surface area (Å²) < 4.78 is 59.6. The minimum Gasteiger partial charge on any atom is -0.469 e. The van der Waals surface area contributed by atoms with Crippen LogP contribution in [-0.4, -0.2) is 26.3 Å². The number of carbonyl (C=O) groups is 2. The summed E-state index contributed by atoms with van der Waals surface area (Å²) in [7, 11) is 0. The molecule has 1 aliphatic heterocycles. The molecule has 0 spiro atoms. The Labute approximate surface area is 178 Å². The maximum atomic E-state index is 13.7. The number of hydrogen-bond donors (Lipinski definition) is 2. The monoisotopic (exact) mass is 449 g/mol. The smallest absolute Gasteiger partial charge is 0.416 e. The number of anilines is 1. The van der Waals surface area contributed by atoms with Gasteiger partial charge in [0.1, 0.15) is 24.8 Å². The number of benzene rings is 1. The summed E-state index contributed by atoms with van der Waals surface area (Å²) in [5, 5.41) is 5.00. The Kier molecular flexibility index (Phi) is 5.51. The molecule has 0 fully saturated rings. The average Bonchev–Trinajstić information content (AvgIpc) is 3.08. The van der Waals surface area contributed by atoms with Gasteiger partial charge in [0.05, 0.1) is 17.8 Å². The van der Waals surface area contributed by atoms with Crippen LogP contribution >= 0.6 is 0 Å². The molecule has 3 aromatic rings. The lowest BCUT2D eigenvalue weighted by Gasteiger charge is -2.18. The van der Waals surface area contributed by atoms with Crippen molar-refractivity contribution in [3.8, 4) is 5.88 Å². The number of nitrogens with one attached hydrogen (secondary N) is 2. The van der Waals surface area contributed by atoms with Crippen LogP contribution in [-0.2, 0) is 30.7 Å². The molecule has 0 aliphatic carbocycles. The maximum Gasteiger partial charge on any atom is 0.416 e. The van der Waals surface area contributed by atoms with E-state index < -0.39 is 29.0 Å². The van der Waals surface area contributed by atoms with E-state index in [1.165, 1.54) is 10.8 Å². The van der Waals surface area contributed by atoms with Crippen LogP contribution in [0.5, 0.6) is 5.88 Å². The molecule has 166 valence electrons. The lowest BCUT2D eigenvalue weighted by molar-refractivity contribution is -0.137. The number of ether oxygens (including phenoxy) is 1. The van der Waals surface area contributed by atoms with E-state index in [1.54, 1.807) is 18.2 Å². The van der Waals surface area contributed by atoms with Gasteiger partial charge in [0.25, 0.3) is 5.91 Å². The van der Waals surface area contributed by atoms with Gasteiger partial charge in [-0.1, -0.05) is 6.07 Å². The molecule has 0 saturated heterocycles. The van der Waals surface area contributed by atoms with Crippen molar-refractivity contribution in [2.45, 2.75) is 25.9 Å². The Hall–Kier alpha value is -3.96. The summed E-state index contributed by atoms with van der Waals surface area (Å²) >= 11 is 0. The number of amides is 2. The molecule has 2 amide bonds. The highest BCUT2D eigenvalue weighted by Crippen LogP contribution is 2.31. The van der Waals surface area contributed by atoms with E-state index in [9.17, 15) is 27.2 Å². The summed E-state index contributed by atoms with van der Waals surface area (Å²) in [6, 6.07) is 6.60. The Morgan fingerprint density at radius 1 is 1.25 bits per heavy atom. The second kappa shape index (κ2) is 8.29. The van der Waals surface area contributed by atoms with Crippen molar-refractivity contribution in [1.82, 2.24) is 19.9 Å². The molecule has 32 heavy (non-hydrogen) atoms. The normalized spacial score (nSPS) is 13.3. The van der Waals surface area contributed by atoms with Crippen molar-refractivity contribution in [2.75, 3.05) is 5.32 Å². The lowest BCUT2D eigenvalue weighted by Crippen LogP contribution is -2.35. The zero-order chi connectivity index (χ0) is 22.9. The van der Waals surface area contributed by atoms with Crippen molar-refractivity contribution in [3.05, 3.63) is 71.1 Å². The molecule has 2 aromatic heterocycles. The molecular weight excluding hydrogens is 434 g/mol. The highest BCUT2D eigenvalue weighted by molar-refractivity contribution is 6.04. The molecule has 8 nitrogen and oxygen atoms in total. The van der Waals surface area contributed by atoms with E-state index in [4.69, 9.17) is 4.74 Å². The van der Waals surface area contributed by atoms with Gasteiger partial charge in [0.2, 0.25) is 11.8 Å².